The van der Waals surface area contributed by atoms with Crippen molar-refractivity contribution in [2.75, 3.05) is 54.0 Å². The number of likely N-dealkylation sites (N-methyl/N-ethyl adjacent to an activating group) is 1. The van der Waals surface area contributed by atoms with Gasteiger partial charge in [-0.2, -0.15) is 0 Å². The number of carbonyl (C=O) groups is 1. The fourth-order valence-electron chi connectivity index (χ4n) is 1.56. The van der Waals surface area contributed by atoms with E-state index < -0.39 is 0 Å². The number of hydrogen-bond acceptors (Lipinski definition) is 2. The highest BCUT2D eigenvalue weighted by Gasteiger charge is 2.19. The van der Waals surface area contributed by atoms with Gasteiger partial charge in [-0.1, -0.05) is 0 Å². The molecule has 1 aliphatic heterocycles. The van der Waals surface area contributed by atoms with Crippen LogP contribution in [0.2, 0.25) is 0 Å². The lowest BCUT2D eigenvalue weighted by Gasteiger charge is -2.23. The maximum absolute atomic E-state index is 11.3. The Hall–Kier alpha value is -0.610. The van der Waals surface area contributed by atoms with E-state index in [0.717, 1.165) is 43.6 Å². The molecule has 4 nitrogen and oxygen atoms in total. The second-order valence-corrected chi connectivity index (χ2v) is 5.11. The van der Waals surface area contributed by atoms with Gasteiger partial charge in [0, 0.05) is 19.5 Å². The molecule has 0 N–H and O–H groups in total. The molecule has 0 aliphatic carbocycles. The third kappa shape index (κ3) is 5.14. The van der Waals surface area contributed by atoms with Crippen molar-refractivity contribution in [3.63, 3.8) is 0 Å². The average molecular weight is 215 g/mol. The zero-order valence-electron chi connectivity index (χ0n) is 10.2. The molecular weight excluding hydrogens is 192 g/mol. The Morgan fingerprint density at radius 1 is 1.33 bits per heavy atom. The van der Waals surface area contributed by atoms with E-state index in [1.165, 1.54) is 0 Å². The Labute approximate surface area is 92.4 Å². The Balaban J connectivity index is 2.00. The van der Waals surface area contributed by atoms with Crippen LogP contribution in [0.3, 0.4) is 0 Å². The Kier molecular flexibility index (Phi) is 4.54. The fraction of sp³-hybridized carbons (Fsp3) is 0.909. The molecule has 1 heterocycles. The van der Waals surface area contributed by atoms with Crippen molar-refractivity contribution in [2.24, 2.45) is 0 Å². The Morgan fingerprint density at radius 2 is 2.07 bits per heavy atom. The summed E-state index contributed by atoms with van der Waals surface area (Å²) in [5.41, 5.74) is 0. The Morgan fingerprint density at radius 3 is 2.60 bits per heavy atom. The normalized spacial score (nSPS) is 17.5. The molecule has 0 radical (unpaired) electrons. The first-order chi connectivity index (χ1) is 6.99. The molecule has 1 fully saturated rings. The van der Waals surface area contributed by atoms with Crippen molar-refractivity contribution >= 4 is 5.91 Å². The molecule has 0 spiro atoms. The maximum Gasteiger partial charge on any atom is 0.222 e. The highest BCUT2D eigenvalue weighted by molar-refractivity contribution is 5.77. The summed E-state index contributed by atoms with van der Waals surface area (Å²) in [6.45, 7) is 4.12. The molecule has 88 valence electrons. The summed E-state index contributed by atoms with van der Waals surface area (Å²) in [4.78, 5) is 13.2. The van der Waals surface area contributed by atoms with E-state index in [1.807, 2.05) is 4.90 Å². The van der Waals surface area contributed by atoms with Gasteiger partial charge in [0.05, 0.1) is 34.4 Å². The number of likely N-dealkylation sites (tertiary alicyclic amines) is 1. The van der Waals surface area contributed by atoms with Crippen LogP contribution in [-0.4, -0.2) is 69.3 Å². The second kappa shape index (κ2) is 5.47. The van der Waals surface area contributed by atoms with Crippen molar-refractivity contribution in [3.8, 4) is 0 Å². The number of carbonyl (C=O) groups excluding carboxylic acids is 1. The number of nitrogens with zero attached hydrogens (tertiary/aromatic N) is 2. The van der Waals surface area contributed by atoms with E-state index in [9.17, 15) is 4.79 Å². The molecule has 4 heteroatoms. The molecule has 1 amide bonds. The molecular formula is C11H23N2O2+. The van der Waals surface area contributed by atoms with Gasteiger partial charge in [-0.3, -0.25) is 4.79 Å². The molecule has 15 heavy (non-hydrogen) atoms. The molecule has 0 unspecified atom stereocenters. The van der Waals surface area contributed by atoms with Gasteiger partial charge in [-0.05, 0) is 6.42 Å². The lowest BCUT2D eigenvalue weighted by Crippen LogP contribution is -2.38. The van der Waals surface area contributed by atoms with Gasteiger partial charge in [0.25, 0.3) is 0 Å². The van der Waals surface area contributed by atoms with Crippen LogP contribution in [-0.2, 0) is 9.53 Å². The SMILES string of the molecule is C[N+](C)(C)CCOCCN1CCCC1=O. The number of quaternary nitrogens is 1. The predicted molar refractivity (Wildman–Crippen MR) is 59.5 cm³/mol. The van der Waals surface area contributed by atoms with Gasteiger partial charge in [-0.15, -0.1) is 0 Å². The average Bonchev–Trinajstić information content (AvgIpc) is 2.49. The Bertz CT molecular complexity index is 211. The van der Waals surface area contributed by atoms with E-state index in [1.54, 1.807) is 0 Å². The van der Waals surface area contributed by atoms with Crippen LogP contribution in [0.5, 0.6) is 0 Å². The first-order valence-corrected chi connectivity index (χ1v) is 5.65. The van der Waals surface area contributed by atoms with Crippen LogP contribution in [0, 0.1) is 0 Å². The molecule has 0 bridgehead atoms. The molecule has 0 aromatic rings. The summed E-state index contributed by atoms with van der Waals surface area (Å²) in [5, 5.41) is 0. The van der Waals surface area contributed by atoms with Crippen LogP contribution >= 0.6 is 0 Å². The van der Waals surface area contributed by atoms with Crippen molar-refractivity contribution < 1.29 is 14.0 Å². The van der Waals surface area contributed by atoms with Crippen LogP contribution in [0.4, 0.5) is 0 Å². The van der Waals surface area contributed by atoms with Gasteiger partial charge >= 0.3 is 0 Å². The summed E-state index contributed by atoms with van der Waals surface area (Å²) >= 11 is 0. The predicted octanol–water partition coefficient (Wildman–Crippen LogP) is 0.332. The van der Waals surface area contributed by atoms with E-state index in [4.69, 9.17) is 4.74 Å². The van der Waals surface area contributed by atoms with Crippen LogP contribution in [0.25, 0.3) is 0 Å². The van der Waals surface area contributed by atoms with Gasteiger partial charge < -0.3 is 14.1 Å². The molecule has 0 aromatic carbocycles. The topological polar surface area (TPSA) is 29.5 Å². The minimum absolute atomic E-state index is 0.283. The number of amides is 1. The highest BCUT2D eigenvalue weighted by Crippen LogP contribution is 2.08. The van der Waals surface area contributed by atoms with Crippen molar-refractivity contribution in [1.29, 1.82) is 0 Å². The molecule has 0 atom stereocenters. The number of rotatable bonds is 6. The minimum atomic E-state index is 0.283. The number of ether oxygens (including phenoxy) is 1. The third-order valence-corrected chi connectivity index (χ3v) is 2.58. The van der Waals surface area contributed by atoms with Gasteiger partial charge in [0.1, 0.15) is 6.54 Å². The maximum atomic E-state index is 11.3. The minimum Gasteiger partial charge on any atom is -0.374 e. The zero-order chi connectivity index (χ0) is 11.3. The summed E-state index contributed by atoms with van der Waals surface area (Å²) in [7, 11) is 6.44. The molecule has 1 saturated heterocycles. The van der Waals surface area contributed by atoms with Crippen LogP contribution in [0.1, 0.15) is 12.8 Å². The smallest absolute Gasteiger partial charge is 0.222 e. The van der Waals surface area contributed by atoms with Gasteiger partial charge in [0.15, 0.2) is 0 Å². The summed E-state index contributed by atoms with van der Waals surface area (Å²) in [6.07, 6.45) is 1.73. The lowest BCUT2D eigenvalue weighted by molar-refractivity contribution is -0.870. The fourth-order valence-corrected chi connectivity index (χ4v) is 1.56. The van der Waals surface area contributed by atoms with Gasteiger partial charge in [0.2, 0.25) is 5.91 Å². The molecule has 0 aromatic heterocycles. The quantitative estimate of drug-likeness (QED) is 0.472. The van der Waals surface area contributed by atoms with Crippen LogP contribution in [0.15, 0.2) is 0 Å². The molecule has 1 rings (SSSR count). The molecule has 0 saturated carbocycles. The van der Waals surface area contributed by atoms with E-state index in [2.05, 4.69) is 21.1 Å². The second-order valence-electron chi connectivity index (χ2n) is 5.11. The molecule has 1 aliphatic rings. The summed E-state index contributed by atoms with van der Waals surface area (Å²) in [6, 6.07) is 0. The lowest BCUT2D eigenvalue weighted by atomic mass is 10.4. The first-order valence-electron chi connectivity index (χ1n) is 5.65. The standard InChI is InChI=1S/C11H23N2O2/c1-13(2,3)8-10-15-9-7-12-6-4-5-11(12)14/h4-10H2,1-3H3/q+1. The monoisotopic (exact) mass is 215 g/mol. The third-order valence-electron chi connectivity index (χ3n) is 2.58. The summed E-state index contributed by atoms with van der Waals surface area (Å²) < 4.78 is 6.43. The van der Waals surface area contributed by atoms with Crippen molar-refractivity contribution in [1.82, 2.24) is 4.90 Å². The largest absolute Gasteiger partial charge is 0.374 e. The van der Waals surface area contributed by atoms with E-state index in [-0.39, 0.29) is 5.91 Å². The van der Waals surface area contributed by atoms with E-state index >= 15 is 0 Å². The highest BCUT2D eigenvalue weighted by atomic mass is 16.5. The first kappa shape index (κ1) is 12.5. The van der Waals surface area contributed by atoms with Crippen molar-refractivity contribution in [2.45, 2.75) is 12.8 Å². The van der Waals surface area contributed by atoms with Crippen LogP contribution < -0.4 is 0 Å². The zero-order valence-corrected chi connectivity index (χ0v) is 10.2. The van der Waals surface area contributed by atoms with E-state index in [0.29, 0.717) is 6.61 Å². The summed E-state index contributed by atoms with van der Waals surface area (Å²) in [5.74, 6) is 0.283. The van der Waals surface area contributed by atoms with Crippen molar-refractivity contribution in [3.05, 3.63) is 0 Å². The number of hydrogen-bond donors (Lipinski definition) is 0. The van der Waals surface area contributed by atoms with Gasteiger partial charge in [-0.25, -0.2) is 0 Å².